The second-order valence-electron chi connectivity index (χ2n) is 5.82. The van der Waals surface area contributed by atoms with Crippen LogP contribution in [0.1, 0.15) is 26.7 Å². The number of carbonyl (C=O) groups excluding carboxylic acids is 1. The van der Waals surface area contributed by atoms with Crippen LogP contribution in [0, 0.1) is 5.92 Å². The highest BCUT2D eigenvalue weighted by Crippen LogP contribution is 2.13. The van der Waals surface area contributed by atoms with Crippen molar-refractivity contribution in [2.24, 2.45) is 5.92 Å². The minimum absolute atomic E-state index is 0.231. The van der Waals surface area contributed by atoms with Crippen LogP contribution in [0.2, 0.25) is 0 Å². The molecule has 0 aromatic heterocycles. The van der Waals surface area contributed by atoms with Crippen LogP contribution in [0.3, 0.4) is 0 Å². The highest BCUT2D eigenvalue weighted by atomic mass is 16.6. The number of carbonyl (C=O) groups is 1. The Hall–Kier alpha value is -1.55. The van der Waals surface area contributed by atoms with E-state index < -0.39 is 0 Å². The molecule has 1 amide bonds. The van der Waals surface area contributed by atoms with E-state index in [1.807, 2.05) is 18.2 Å². The highest BCUT2D eigenvalue weighted by Gasteiger charge is 2.21. The molecule has 0 atom stereocenters. The van der Waals surface area contributed by atoms with Crippen LogP contribution in [0.4, 0.5) is 4.79 Å². The number of nitrogens with zero attached hydrogens (tertiary/aromatic N) is 1. The van der Waals surface area contributed by atoms with Crippen molar-refractivity contribution in [3.05, 3.63) is 30.3 Å². The summed E-state index contributed by atoms with van der Waals surface area (Å²) in [5.41, 5.74) is 0. The Labute approximate surface area is 121 Å². The van der Waals surface area contributed by atoms with Crippen molar-refractivity contribution in [1.29, 1.82) is 0 Å². The number of likely N-dealkylation sites (tertiary alicyclic amines) is 1. The predicted molar refractivity (Wildman–Crippen MR) is 79.9 cm³/mol. The monoisotopic (exact) mass is 276 g/mol. The van der Waals surface area contributed by atoms with Crippen molar-refractivity contribution in [1.82, 2.24) is 10.2 Å². The molecule has 1 aliphatic heterocycles. The molecule has 1 aliphatic rings. The number of benzene rings is 1. The van der Waals surface area contributed by atoms with Gasteiger partial charge in [0.15, 0.2) is 0 Å². The van der Waals surface area contributed by atoms with Gasteiger partial charge in [-0.2, -0.15) is 0 Å². The smallest absolute Gasteiger partial charge is 0.410 e. The van der Waals surface area contributed by atoms with Gasteiger partial charge in [0.1, 0.15) is 5.75 Å². The first-order chi connectivity index (χ1) is 9.63. The Balaban J connectivity index is 1.71. The van der Waals surface area contributed by atoms with E-state index in [4.69, 9.17) is 4.74 Å². The minimum atomic E-state index is -0.349. The highest BCUT2D eigenvalue weighted by molar-refractivity contribution is 5.70. The molecule has 110 valence electrons. The van der Waals surface area contributed by atoms with Crippen molar-refractivity contribution in [3.8, 4) is 5.75 Å². The average molecular weight is 276 g/mol. The molecule has 4 heteroatoms. The van der Waals surface area contributed by atoms with E-state index in [-0.39, 0.29) is 12.1 Å². The number of hydrogen-bond acceptors (Lipinski definition) is 3. The molecule has 0 bridgehead atoms. The van der Waals surface area contributed by atoms with E-state index in [9.17, 15) is 4.79 Å². The lowest BCUT2D eigenvalue weighted by molar-refractivity contribution is 0.164. The van der Waals surface area contributed by atoms with Crippen LogP contribution < -0.4 is 10.1 Å². The molecule has 1 heterocycles. The third-order valence-electron chi connectivity index (χ3n) is 3.49. The normalized spacial score (nSPS) is 17.1. The fourth-order valence-electron chi connectivity index (χ4n) is 2.57. The number of nitrogens with one attached hydrogen (secondary N) is 1. The molecule has 1 saturated heterocycles. The molecule has 1 aromatic rings. The van der Waals surface area contributed by atoms with Crippen LogP contribution in [-0.4, -0.2) is 36.7 Å². The summed E-state index contributed by atoms with van der Waals surface area (Å²) in [4.78, 5) is 14.3. The lowest BCUT2D eigenvalue weighted by atomic mass is 10.0. The van der Waals surface area contributed by atoms with Gasteiger partial charge in [0.25, 0.3) is 0 Å². The molecule has 0 unspecified atom stereocenters. The fourth-order valence-corrected chi connectivity index (χ4v) is 2.57. The number of para-hydroxylation sites is 1. The third-order valence-corrected chi connectivity index (χ3v) is 3.49. The van der Waals surface area contributed by atoms with Crippen molar-refractivity contribution in [3.63, 3.8) is 0 Å². The number of ether oxygens (including phenoxy) is 1. The summed E-state index contributed by atoms with van der Waals surface area (Å²) in [6.07, 6.45) is 1.64. The maximum Gasteiger partial charge on any atom is 0.412 e. The fraction of sp³-hybridized carbons (Fsp3) is 0.562. The lowest BCUT2D eigenvalue weighted by Gasteiger charge is -2.33. The molecule has 0 radical (unpaired) electrons. The van der Waals surface area contributed by atoms with Crippen molar-refractivity contribution >= 4 is 6.09 Å². The molecule has 2 rings (SSSR count). The summed E-state index contributed by atoms with van der Waals surface area (Å²) < 4.78 is 5.24. The van der Waals surface area contributed by atoms with Gasteiger partial charge in [-0.3, -0.25) is 0 Å². The summed E-state index contributed by atoms with van der Waals surface area (Å²) in [5.74, 6) is 1.28. The third kappa shape index (κ3) is 4.85. The van der Waals surface area contributed by atoms with Crippen LogP contribution >= 0.6 is 0 Å². The quantitative estimate of drug-likeness (QED) is 0.919. The van der Waals surface area contributed by atoms with Gasteiger partial charge in [-0.25, -0.2) is 4.79 Å². The van der Waals surface area contributed by atoms with E-state index in [2.05, 4.69) is 24.1 Å². The Kier molecular flexibility index (Phi) is 5.41. The molecule has 1 fully saturated rings. The van der Waals surface area contributed by atoms with Gasteiger partial charge in [0.05, 0.1) is 0 Å². The Morgan fingerprint density at radius 2 is 1.95 bits per heavy atom. The van der Waals surface area contributed by atoms with Crippen molar-refractivity contribution in [2.75, 3.05) is 19.6 Å². The molecule has 1 N–H and O–H groups in total. The van der Waals surface area contributed by atoms with Gasteiger partial charge in [0.2, 0.25) is 0 Å². The van der Waals surface area contributed by atoms with Crippen LogP contribution in [0.5, 0.6) is 5.75 Å². The Morgan fingerprint density at radius 3 is 2.55 bits per heavy atom. The topological polar surface area (TPSA) is 41.6 Å². The molecule has 0 saturated carbocycles. The second kappa shape index (κ2) is 7.29. The van der Waals surface area contributed by atoms with Gasteiger partial charge < -0.3 is 15.0 Å². The molecule has 0 aliphatic carbocycles. The number of rotatable bonds is 4. The maximum atomic E-state index is 11.8. The second-order valence-corrected chi connectivity index (χ2v) is 5.82. The average Bonchev–Trinajstić information content (AvgIpc) is 2.41. The number of hydrogen-bond donors (Lipinski definition) is 1. The summed E-state index contributed by atoms with van der Waals surface area (Å²) in [6.45, 7) is 7.72. The predicted octanol–water partition coefficient (Wildman–Crippen LogP) is 2.90. The standard InChI is InChI=1S/C16H24N2O2/c1-13(2)12-18-10-8-14(9-11-18)17-16(19)20-15-6-4-3-5-7-15/h3-7,13-14H,8-12H2,1-2H3,(H,17,19). The summed E-state index contributed by atoms with van der Waals surface area (Å²) >= 11 is 0. The van der Waals surface area contributed by atoms with E-state index >= 15 is 0 Å². The van der Waals surface area contributed by atoms with Crippen LogP contribution in [0.15, 0.2) is 30.3 Å². The van der Waals surface area contributed by atoms with Gasteiger partial charge in [-0.05, 0) is 30.9 Å². The van der Waals surface area contributed by atoms with Crippen LogP contribution in [-0.2, 0) is 0 Å². The zero-order valence-corrected chi connectivity index (χ0v) is 12.3. The zero-order valence-electron chi connectivity index (χ0n) is 12.3. The molecule has 1 aromatic carbocycles. The minimum Gasteiger partial charge on any atom is -0.410 e. The summed E-state index contributed by atoms with van der Waals surface area (Å²) in [5, 5.41) is 2.95. The van der Waals surface area contributed by atoms with E-state index in [0.717, 1.165) is 32.5 Å². The summed E-state index contributed by atoms with van der Waals surface area (Å²) in [7, 11) is 0. The Bertz CT molecular complexity index is 412. The van der Waals surface area contributed by atoms with Gasteiger partial charge in [-0.15, -0.1) is 0 Å². The molecular weight excluding hydrogens is 252 g/mol. The first-order valence-electron chi connectivity index (χ1n) is 7.39. The lowest BCUT2D eigenvalue weighted by Crippen LogP contribution is -2.46. The van der Waals surface area contributed by atoms with Gasteiger partial charge in [-0.1, -0.05) is 32.0 Å². The maximum absolute atomic E-state index is 11.8. The number of piperidine rings is 1. The zero-order chi connectivity index (χ0) is 14.4. The van der Waals surface area contributed by atoms with E-state index in [0.29, 0.717) is 11.7 Å². The van der Waals surface area contributed by atoms with Crippen molar-refractivity contribution in [2.45, 2.75) is 32.7 Å². The molecule has 4 nitrogen and oxygen atoms in total. The molecule has 20 heavy (non-hydrogen) atoms. The SMILES string of the molecule is CC(C)CN1CCC(NC(=O)Oc2ccccc2)CC1. The molecule has 0 spiro atoms. The number of amides is 1. The van der Waals surface area contributed by atoms with Gasteiger partial charge in [0, 0.05) is 25.7 Å². The van der Waals surface area contributed by atoms with Gasteiger partial charge >= 0.3 is 6.09 Å². The van der Waals surface area contributed by atoms with E-state index in [1.54, 1.807) is 12.1 Å². The first-order valence-corrected chi connectivity index (χ1v) is 7.39. The summed E-state index contributed by atoms with van der Waals surface area (Å²) in [6, 6.07) is 9.40. The van der Waals surface area contributed by atoms with Crippen molar-refractivity contribution < 1.29 is 9.53 Å². The molecular formula is C16H24N2O2. The largest absolute Gasteiger partial charge is 0.412 e. The first kappa shape index (κ1) is 14.9. The Morgan fingerprint density at radius 1 is 1.30 bits per heavy atom. The van der Waals surface area contributed by atoms with E-state index in [1.165, 1.54) is 0 Å². The van der Waals surface area contributed by atoms with Crippen LogP contribution in [0.25, 0.3) is 0 Å².